The van der Waals surface area contributed by atoms with Gasteiger partial charge >= 0.3 is 0 Å². The Morgan fingerprint density at radius 3 is 2.83 bits per heavy atom. The highest BCUT2D eigenvalue weighted by Gasteiger charge is 2.17. The van der Waals surface area contributed by atoms with E-state index in [2.05, 4.69) is 14.2 Å². The van der Waals surface area contributed by atoms with Crippen molar-refractivity contribution in [2.24, 2.45) is 0 Å². The van der Waals surface area contributed by atoms with Gasteiger partial charge in [0.25, 0.3) is 10.1 Å². The molecule has 0 N–H and O–H groups in total. The summed E-state index contributed by atoms with van der Waals surface area (Å²) in [6.45, 7) is 3.71. The highest BCUT2D eigenvalue weighted by atomic mass is 32.2. The smallest absolute Gasteiger partial charge is 0.272 e. The van der Waals surface area contributed by atoms with E-state index in [1.54, 1.807) is 6.07 Å². The van der Waals surface area contributed by atoms with Gasteiger partial charge in [-0.25, -0.2) is 0 Å². The Morgan fingerprint density at radius 2 is 2.17 bits per heavy atom. The first-order valence-electron chi connectivity index (χ1n) is 5.62. The summed E-state index contributed by atoms with van der Waals surface area (Å²) in [5.74, 6) is 0.383. The molecule has 0 aromatic carbocycles. The largest absolute Gasteiger partial charge is 0.379 e. The highest BCUT2D eigenvalue weighted by Crippen LogP contribution is 2.11. The summed E-state index contributed by atoms with van der Waals surface area (Å²) in [6, 6.07) is 1.64. The van der Waals surface area contributed by atoms with Gasteiger partial charge in [-0.3, -0.25) is 9.08 Å². The molecule has 2 rings (SSSR count). The van der Waals surface area contributed by atoms with E-state index in [-0.39, 0.29) is 5.75 Å². The van der Waals surface area contributed by atoms with Gasteiger partial charge < -0.3 is 9.26 Å². The molecule has 0 amide bonds. The van der Waals surface area contributed by atoms with Crippen LogP contribution in [0.15, 0.2) is 10.6 Å². The summed E-state index contributed by atoms with van der Waals surface area (Å²) in [5, 5.41) is 3.72. The maximum Gasteiger partial charge on any atom is 0.272 e. The lowest BCUT2D eigenvalue weighted by molar-refractivity contribution is 0.0305. The second-order valence-electron chi connectivity index (χ2n) is 4.04. The highest BCUT2D eigenvalue weighted by molar-refractivity contribution is 7.85. The van der Waals surface area contributed by atoms with Gasteiger partial charge in [-0.1, -0.05) is 5.16 Å². The van der Waals surface area contributed by atoms with Crippen molar-refractivity contribution in [3.8, 4) is 0 Å². The lowest BCUT2D eigenvalue weighted by atomic mass is 10.3. The average Bonchev–Trinajstić information content (AvgIpc) is 2.77. The van der Waals surface area contributed by atoms with E-state index in [9.17, 15) is 8.42 Å². The van der Waals surface area contributed by atoms with Gasteiger partial charge in [0.1, 0.15) is 11.4 Å². The molecule has 0 radical (unpaired) electrons. The number of hydrogen-bond donors (Lipinski definition) is 0. The summed E-state index contributed by atoms with van der Waals surface area (Å²) in [4.78, 5) is 2.17. The fraction of sp³-hybridized carbons (Fsp3) is 0.700. The van der Waals surface area contributed by atoms with Crippen LogP contribution < -0.4 is 0 Å². The third kappa shape index (κ3) is 3.77. The Balaban J connectivity index is 1.93. The molecule has 1 aliphatic heterocycles. The van der Waals surface area contributed by atoms with Crippen LogP contribution in [0.2, 0.25) is 0 Å². The molecule has 102 valence electrons. The van der Waals surface area contributed by atoms with E-state index in [0.29, 0.717) is 31.2 Å². The van der Waals surface area contributed by atoms with Gasteiger partial charge in [-0.15, -0.1) is 0 Å². The second kappa shape index (κ2) is 5.79. The molecule has 0 saturated carbocycles. The maximum atomic E-state index is 11.2. The van der Waals surface area contributed by atoms with Crippen molar-refractivity contribution >= 4 is 10.1 Å². The Hall–Kier alpha value is -0.960. The van der Waals surface area contributed by atoms with E-state index >= 15 is 0 Å². The number of hydrogen-bond acceptors (Lipinski definition) is 7. The molecule has 0 spiro atoms. The van der Waals surface area contributed by atoms with Crippen molar-refractivity contribution in [3.63, 3.8) is 0 Å². The third-order valence-corrected chi connectivity index (χ3v) is 3.83. The van der Waals surface area contributed by atoms with Crippen LogP contribution in [0.1, 0.15) is 11.5 Å². The molecular formula is C10H16N2O5S. The van der Waals surface area contributed by atoms with Crippen LogP contribution in [-0.2, 0) is 31.3 Å². The summed E-state index contributed by atoms with van der Waals surface area (Å²) >= 11 is 0. The molecule has 1 saturated heterocycles. The van der Waals surface area contributed by atoms with Gasteiger partial charge in [-0.05, 0) is 0 Å². The molecule has 7 nitrogen and oxygen atoms in total. The molecular weight excluding hydrogens is 260 g/mol. The van der Waals surface area contributed by atoms with E-state index in [0.717, 1.165) is 20.2 Å². The number of aromatic nitrogens is 1. The molecule has 0 aliphatic carbocycles. The Bertz CT molecular complexity index is 478. The van der Waals surface area contributed by atoms with Crippen molar-refractivity contribution in [1.82, 2.24) is 10.1 Å². The first-order valence-corrected chi connectivity index (χ1v) is 7.20. The average molecular weight is 276 g/mol. The quantitative estimate of drug-likeness (QED) is 0.699. The van der Waals surface area contributed by atoms with Gasteiger partial charge in [-0.2, -0.15) is 8.42 Å². The zero-order valence-electron chi connectivity index (χ0n) is 10.2. The molecule has 18 heavy (non-hydrogen) atoms. The zero-order chi connectivity index (χ0) is 13.0. The van der Waals surface area contributed by atoms with Crippen LogP contribution in [0.5, 0.6) is 0 Å². The predicted molar refractivity (Wildman–Crippen MR) is 62.2 cm³/mol. The maximum absolute atomic E-state index is 11.2. The molecule has 0 atom stereocenters. The Kier molecular flexibility index (Phi) is 4.33. The molecule has 1 aromatic heterocycles. The van der Waals surface area contributed by atoms with Crippen molar-refractivity contribution in [1.29, 1.82) is 0 Å². The molecule has 1 fully saturated rings. The lowest BCUT2D eigenvalue weighted by Gasteiger charge is -2.25. The van der Waals surface area contributed by atoms with Gasteiger partial charge in [0.15, 0.2) is 5.76 Å². The van der Waals surface area contributed by atoms with Crippen LogP contribution >= 0.6 is 0 Å². The van der Waals surface area contributed by atoms with E-state index in [1.807, 2.05) is 0 Å². The molecule has 8 heteroatoms. The number of ether oxygens (including phenoxy) is 1. The molecule has 2 heterocycles. The topological polar surface area (TPSA) is 81.9 Å². The van der Waals surface area contributed by atoms with Gasteiger partial charge in [0.05, 0.1) is 26.9 Å². The summed E-state index contributed by atoms with van der Waals surface area (Å²) in [7, 11) is -2.42. The van der Waals surface area contributed by atoms with Crippen molar-refractivity contribution in [2.45, 2.75) is 12.3 Å². The van der Waals surface area contributed by atoms with Crippen LogP contribution in [-0.4, -0.2) is 51.9 Å². The van der Waals surface area contributed by atoms with Crippen molar-refractivity contribution in [2.75, 3.05) is 33.4 Å². The first kappa shape index (κ1) is 13.5. The number of morpholine rings is 1. The standard InChI is InChI=1S/C10H16N2O5S/c1-15-18(13,14)8-9-6-10(17-11-9)7-12-2-4-16-5-3-12/h6H,2-5,7-8H2,1H3. The Morgan fingerprint density at radius 1 is 1.44 bits per heavy atom. The van der Waals surface area contributed by atoms with Crippen LogP contribution in [0, 0.1) is 0 Å². The van der Waals surface area contributed by atoms with E-state index in [4.69, 9.17) is 9.26 Å². The minimum absolute atomic E-state index is 0.268. The normalized spacial score (nSPS) is 18.1. The lowest BCUT2D eigenvalue weighted by Crippen LogP contribution is -2.35. The molecule has 1 aromatic rings. The minimum Gasteiger partial charge on any atom is -0.379 e. The summed E-state index contributed by atoms with van der Waals surface area (Å²) in [6.07, 6.45) is 0. The first-order chi connectivity index (χ1) is 8.59. The number of nitrogens with zero attached hydrogens (tertiary/aromatic N) is 2. The summed E-state index contributed by atoms with van der Waals surface area (Å²) < 4.78 is 37.2. The second-order valence-corrected chi connectivity index (χ2v) is 5.78. The third-order valence-electron chi connectivity index (χ3n) is 2.67. The summed E-state index contributed by atoms with van der Waals surface area (Å²) in [5.41, 5.74) is 0.361. The molecule has 1 aliphatic rings. The fourth-order valence-corrected chi connectivity index (χ4v) is 2.33. The Labute approximate surface area is 106 Å². The van der Waals surface area contributed by atoms with Gasteiger partial charge in [0, 0.05) is 19.2 Å². The minimum atomic E-state index is -3.55. The number of rotatable bonds is 5. The van der Waals surface area contributed by atoms with E-state index < -0.39 is 10.1 Å². The molecule has 0 unspecified atom stereocenters. The monoisotopic (exact) mass is 276 g/mol. The fourth-order valence-electron chi connectivity index (χ4n) is 1.72. The van der Waals surface area contributed by atoms with Crippen LogP contribution in [0.3, 0.4) is 0 Å². The predicted octanol–water partition coefficient (Wildman–Crippen LogP) is -0.0170. The van der Waals surface area contributed by atoms with E-state index in [1.165, 1.54) is 0 Å². The van der Waals surface area contributed by atoms with Crippen LogP contribution in [0.4, 0.5) is 0 Å². The van der Waals surface area contributed by atoms with Crippen LogP contribution in [0.25, 0.3) is 0 Å². The van der Waals surface area contributed by atoms with Gasteiger partial charge in [0.2, 0.25) is 0 Å². The SMILES string of the molecule is COS(=O)(=O)Cc1cc(CN2CCOCC2)on1. The van der Waals surface area contributed by atoms with Crippen molar-refractivity contribution < 1.29 is 21.9 Å². The molecule has 0 bridgehead atoms. The zero-order valence-corrected chi connectivity index (χ0v) is 11.0. The van der Waals surface area contributed by atoms with Crippen molar-refractivity contribution in [3.05, 3.63) is 17.5 Å².